The van der Waals surface area contributed by atoms with Crippen molar-refractivity contribution in [2.24, 2.45) is 0 Å². The molecule has 0 amide bonds. The Morgan fingerprint density at radius 1 is 1.54 bits per heavy atom. The molecule has 1 rings (SSSR count). The van der Waals surface area contributed by atoms with Gasteiger partial charge in [-0.1, -0.05) is 11.6 Å². The van der Waals surface area contributed by atoms with Gasteiger partial charge in [0.15, 0.2) is 11.6 Å². The third-order valence-electron chi connectivity index (χ3n) is 1.60. The Kier molecular flexibility index (Phi) is 3.06. The molecule has 0 aliphatic heterocycles. The predicted octanol–water partition coefficient (Wildman–Crippen LogP) is 2.12. The van der Waals surface area contributed by atoms with Crippen molar-refractivity contribution in [2.45, 2.75) is 6.61 Å². The Labute approximate surface area is 78.7 Å². The highest BCUT2D eigenvalue weighted by Crippen LogP contribution is 2.30. The van der Waals surface area contributed by atoms with E-state index in [-0.39, 0.29) is 11.3 Å². The predicted molar refractivity (Wildman–Crippen MR) is 43.8 cm³/mol. The molecule has 0 atom stereocenters. The van der Waals surface area contributed by atoms with Crippen LogP contribution in [0.4, 0.5) is 8.78 Å². The minimum atomic E-state index is -1.17. The molecule has 2 nitrogen and oxygen atoms in total. The monoisotopic (exact) mass is 208 g/mol. The lowest BCUT2D eigenvalue weighted by Gasteiger charge is -2.08. The summed E-state index contributed by atoms with van der Waals surface area (Å²) in [5.41, 5.74) is 0.0445. The number of benzene rings is 1. The molecule has 1 N–H and O–H groups in total. The van der Waals surface area contributed by atoms with Gasteiger partial charge in [0.05, 0.1) is 18.7 Å². The fraction of sp³-hybridized carbons (Fsp3) is 0.250. The molecule has 0 heterocycles. The fourth-order valence-electron chi connectivity index (χ4n) is 0.941. The number of methoxy groups -OCH3 is 1. The Bertz CT molecular complexity index is 328. The summed E-state index contributed by atoms with van der Waals surface area (Å²) in [6.07, 6.45) is 0. The van der Waals surface area contributed by atoms with Crippen LogP contribution in [-0.2, 0) is 6.61 Å². The van der Waals surface area contributed by atoms with Crippen LogP contribution in [0.2, 0.25) is 5.02 Å². The molecule has 13 heavy (non-hydrogen) atoms. The van der Waals surface area contributed by atoms with Crippen molar-refractivity contribution < 1.29 is 18.6 Å². The lowest BCUT2D eigenvalue weighted by atomic mass is 10.2. The third-order valence-corrected chi connectivity index (χ3v) is 1.99. The molecule has 0 radical (unpaired) electrons. The summed E-state index contributed by atoms with van der Waals surface area (Å²) in [5, 5.41) is 8.35. The Hall–Kier alpha value is -0.870. The molecule has 0 aliphatic carbocycles. The van der Waals surface area contributed by atoms with E-state index in [1.165, 1.54) is 7.11 Å². The molecule has 0 aliphatic rings. The number of hydrogen-bond acceptors (Lipinski definition) is 2. The number of rotatable bonds is 2. The summed E-state index contributed by atoms with van der Waals surface area (Å²) in [6.45, 7) is -0.501. The van der Waals surface area contributed by atoms with Crippen LogP contribution >= 0.6 is 11.6 Å². The largest absolute Gasteiger partial charge is 0.496 e. The van der Waals surface area contributed by atoms with Gasteiger partial charge in [0, 0.05) is 11.6 Å². The van der Waals surface area contributed by atoms with Crippen molar-refractivity contribution in [3.63, 3.8) is 0 Å². The first-order valence-corrected chi connectivity index (χ1v) is 3.80. The standard InChI is InChI=1S/C8H7ClF2O2/c1-13-6-2-5(10)8(11)7(9)4(6)3-12/h2,12H,3H2,1H3. The highest BCUT2D eigenvalue weighted by atomic mass is 35.5. The molecule has 0 saturated carbocycles. The van der Waals surface area contributed by atoms with Crippen molar-refractivity contribution in [2.75, 3.05) is 7.11 Å². The van der Waals surface area contributed by atoms with Gasteiger partial charge in [0.25, 0.3) is 0 Å². The second-order valence-electron chi connectivity index (χ2n) is 2.33. The second-order valence-corrected chi connectivity index (χ2v) is 2.70. The number of hydrogen-bond donors (Lipinski definition) is 1. The summed E-state index contributed by atoms with van der Waals surface area (Å²) >= 11 is 5.43. The van der Waals surface area contributed by atoms with Crippen molar-refractivity contribution >= 4 is 11.6 Å². The lowest BCUT2D eigenvalue weighted by molar-refractivity contribution is 0.272. The van der Waals surface area contributed by atoms with Gasteiger partial charge in [0.1, 0.15) is 5.75 Å². The van der Waals surface area contributed by atoms with Gasteiger partial charge in [0.2, 0.25) is 0 Å². The second kappa shape index (κ2) is 3.89. The molecule has 1 aromatic rings. The maximum atomic E-state index is 12.8. The topological polar surface area (TPSA) is 29.5 Å². The summed E-state index contributed by atoms with van der Waals surface area (Å²) in [5.74, 6) is -2.24. The first-order valence-electron chi connectivity index (χ1n) is 3.43. The molecule has 0 bridgehead atoms. The van der Waals surface area contributed by atoms with Crippen LogP contribution in [0.25, 0.3) is 0 Å². The van der Waals surface area contributed by atoms with Gasteiger partial charge in [-0.15, -0.1) is 0 Å². The zero-order valence-corrected chi connectivity index (χ0v) is 7.53. The SMILES string of the molecule is COc1cc(F)c(F)c(Cl)c1CO. The minimum absolute atomic E-state index is 0.0337. The maximum Gasteiger partial charge on any atom is 0.178 e. The van der Waals surface area contributed by atoms with Crippen LogP contribution in [0.3, 0.4) is 0 Å². The minimum Gasteiger partial charge on any atom is -0.496 e. The van der Waals surface area contributed by atoms with Gasteiger partial charge in [-0.05, 0) is 0 Å². The zero-order chi connectivity index (χ0) is 10.0. The van der Waals surface area contributed by atoms with Crippen LogP contribution in [0, 0.1) is 11.6 Å². The van der Waals surface area contributed by atoms with Crippen LogP contribution in [0.1, 0.15) is 5.56 Å². The molecule has 72 valence electrons. The molecule has 5 heteroatoms. The van der Waals surface area contributed by atoms with E-state index < -0.39 is 23.3 Å². The van der Waals surface area contributed by atoms with Crippen molar-refractivity contribution in [3.05, 3.63) is 28.3 Å². The van der Waals surface area contributed by atoms with Crippen molar-refractivity contribution in [1.29, 1.82) is 0 Å². The van der Waals surface area contributed by atoms with E-state index in [4.69, 9.17) is 21.4 Å². The molecule has 0 aromatic heterocycles. The molecule has 0 spiro atoms. The van der Waals surface area contributed by atoms with Gasteiger partial charge in [-0.2, -0.15) is 0 Å². The molecule has 1 aromatic carbocycles. The number of aliphatic hydroxyl groups is 1. The average molecular weight is 209 g/mol. The van der Waals surface area contributed by atoms with E-state index in [0.29, 0.717) is 0 Å². The average Bonchev–Trinajstić information content (AvgIpc) is 2.13. The molecule has 0 saturated heterocycles. The number of aliphatic hydroxyl groups excluding tert-OH is 1. The van der Waals surface area contributed by atoms with Gasteiger partial charge >= 0.3 is 0 Å². The quantitative estimate of drug-likeness (QED) is 0.755. The van der Waals surface area contributed by atoms with Crippen molar-refractivity contribution in [3.8, 4) is 5.75 Å². The van der Waals surface area contributed by atoms with Crippen molar-refractivity contribution in [1.82, 2.24) is 0 Å². The summed E-state index contributed by atoms with van der Waals surface area (Å²) in [4.78, 5) is 0. The van der Waals surface area contributed by atoms with Gasteiger partial charge in [-0.3, -0.25) is 0 Å². The van der Waals surface area contributed by atoms with E-state index in [0.717, 1.165) is 6.07 Å². The van der Waals surface area contributed by atoms with Gasteiger partial charge in [-0.25, -0.2) is 8.78 Å². The van der Waals surface area contributed by atoms with Crippen LogP contribution in [0.5, 0.6) is 5.75 Å². The summed E-state index contributed by atoms with van der Waals surface area (Å²) in [7, 11) is 1.28. The number of halogens is 3. The van der Waals surface area contributed by atoms with E-state index >= 15 is 0 Å². The van der Waals surface area contributed by atoms with E-state index in [2.05, 4.69) is 0 Å². The normalized spacial score (nSPS) is 10.2. The highest BCUT2D eigenvalue weighted by Gasteiger charge is 2.16. The number of ether oxygens (including phenoxy) is 1. The maximum absolute atomic E-state index is 12.8. The summed E-state index contributed by atoms with van der Waals surface area (Å²) < 4.78 is 30.2. The molecule has 0 fully saturated rings. The smallest absolute Gasteiger partial charge is 0.178 e. The van der Waals surface area contributed by atoms with E-state index in [1.807, 2.05) is 0 Å². The van der Waals surface area contributed by atoms with Crippen LogP contribution in [-0.4, -0.2) is 12.2 Å². The Morgan fingerprint density at radius 2 is 2.15 bits per heavy atom. The first kappa shape index (κ1) is 10.2. The molecule has 0 unspecified atom stereocenters. The highest BCUT2D eigenvalue weighted by molar-refractivity contribution is 6.31. The Morgan fingerprint density at radius 3 is 2.62 bits per heavy atom. The van der Waals surface area contributed by atoms with E-state index in [9.17, 15) is 8.78 Å². The molecular weight excluding hydrogens is 202 g/mol. The first-order chi connectivity index (χ1) is 6.11. The third kappa shape index (κ3) is 1.73. The fourth-order valence-corrected chi connectivity index (χ4v) is 1.18. The lowest BCUT2D eigenvalue weighted by Crippen LogP contribution is -1.98. The van der Waals surface area contributed by atoms with Gasteiger partial charge < -0.3 is 9.84 Å². The molecular formula is C8H7ClF2O2. The Balaban J connectivity index is 3.39. The zero-order valence-electron chi connectivity index (χ0n) is 6.77. The van der Waals surface area contributed by atoms with E-state index in [1.54, 1.807) is 0 Å². The van der Waals surface area contributed by atoms with Crippen LogP contribution in [0.15, 0.2) is 6.07 Å². The summed E-state index contributed by atoms with van der Waals surface area (Å²) in [6, 6.07) is 0.840. The van der Waals surface area contributed by atoms with Crippen LogP contribution < -0.4 is 4.74 Å².